The Kier molecular flexibility index (Phi) is 5.37. The van der Waals surface area contributed by atoms with Crippen molar-refractivity contribution >= 4 is 0 Å². The molecule has 21 heavy (non-hydrogen) atoms. The van der Waals surface area contributed by atoms with Gasteiger partial charge in [0.1, 0.15) is 5.75 Å². The van der Waals surface area contributed by atoms with E-state index in [-0.39, 0.29) is 6.04 Å². The second-order valence-electron chi connectivity index (χ2n) is 5.72. The molecule has 0 fully saturated rings. The first-order valence-corrected chi connectivity index (χ1v) is 7.33. The van der Waals surface area contributed by atoms with Gasteiger partial charge in [-0.1, -0.05) is 50.2 Å². The normalized spacial score (nSPS) is 12.4. The molecule has 0 saturated heterocycles. The highest BCUT2D eigenvalue weighted by Gasteiger charge is 2.13. The molecule has 0 heterocycles. The molecule has 0 aliphatic heterocycles. The van der Waals surface area contributed by atoms with Crippen LogP contribution < -0.4 is 16.0 Å². The molecule has 3 nitrogen and oxygen atoms in total. The molecule has 2 aromatic carbocycles. The number of hydrazine groups is 1. The van der Waals surface area contributed by atoms with Crippen molar-refractivity contribution in [1.82, 2.24) is 5.43 Å². The maximum Gasteiger partial charge on any atom is 0.118 e. The minimum atomic E-state index is -0.0111. The van der Waals surface area contributed by atoms with Crippen LogP contribution in [0.4, 0.5) is 0 Å². The number of nitrogens with one attached hydrogen (secondary N) is 1. The number of benzene rings is 2. The van der Waals surface area contributed by atoms with Crippen LogP contribution in [-0.2, 0) is 6.42 Å². The topological polar surface area (TPSA) is 47.3 Å². The first-order chi connectivity index (χ1) is 10.1. The van der Waals surface area contributed by atoms with Crippen molar-refractivity contribution < 1.29 is 4.74 Å². The van der Waals surface area contributed by atoms with E-state index in [0.717, 1.165) is 17.7 Å². The lowest BCUT2D eigenvalue weighted by Gasteiger charge is -2.18. The van der Waals surface area contributed by atoms with Crippen molar-refractivity contribution in [3.05, 3.63) is 65.2 Å². The molecule has 2 rings (SSSR count). The van der Waals surface area contributed by atoms with E-state index in [9.17, 15) is 0 Å². The van der Waals surface area contributed by atoms with Crippen molar-refractivity contribution in [1.29, 1.82) is 0 Å². The Labute approximate surface area is 127 Å². The molecule has 0 saturated carbocycles. The second kappa shape index (κ2) is 7.25. The molecule has 0 spiro atoms. The summed E-state index contributed by atoms with van der Waals surface area (Å²) < 4.78 is 5.20. The number of hydrogen-bond donors (Lipinski definition) is 2. The highest BCUT2D eigenvalue weighted by atomic mass is 16.5. The Morgan fingerprint density at radius 1 is 1.05 bits per heavy atom. The predicted molar refractivity (Wildman–Crippen MR) is 87.1 cm³/mol. The fraction of sp³-hybridized carbons (Fsp3) is 0.333. The van der Waals surface area contributed by atoms with Crippen LogP contribution in [0.5, 0.6) is 5.75 Å². The summed E-state index contributed by atoms with van der Waals surface area (Å²) in [7, 11) is 1.67. The molecule has 1 atom stereocenters. The van der Waals surface area contributed by atoms with E-state index in [1.165, 1.54) is 11.1 Å². The highest BCUT2D eigenvalue weighted by Crippen LogP contribution is 2.24. The second-order valence-corrected chi connectivity index (χ2v) is 5.72. The summed E-state index contributed by atoms with van der Waals surface area (Å²) >= 11 is 0. The number of ether oxygens (including phenoxy) is 1. The number of hydrogen-bond acceptors (Lipinski definition) is 3. The van der Waals surface area contributed by atoms with Gasteiger partial charge < -0.3 is 4.74 Å². The van der Waals surface area contributed by atoms with E-state index in [2.05, 4.69) is 43.5 Å². The Balaban J connectivity index is 2.27. The van der Waals surface area contributed by atoms with Crippen molar-refractivity contribution in [3.8, 4) is 5.75 Å². The van der Waals surface area contributed by atoms with Crippen LogP contribution in [0.3, 0.4) is 0 Å². The molecule has 3 N–H and O–H groups in total. The molecule has 0 aromatic heterocycles. The summed E-state index contributed by atoms with van der Waals surface area (Å²) in [6, 6.07) is 16.6. The summed E-state index contributed by atoms with van der Waals surface area (Å²) in [6.07, 6.45) is 1.08. The smallest absolute Gasteiger partial charge is 0.118 e. The van der Waals surface area contributed by atoms with E-state index in [0.29, 0.717) is 5.92 Å². The lowest BCUT2D eigenvalue weighted by Crippen LogP contribution is -2.28. The van der Waals surface area contributed by atoms with E-state index < -0.39 is 0 Å². The lowest BCUT2D eigenvalue weighted by molar-refractivity contribution is 0.414. The third-order valence-corrected chi connectivity index (χ3v) is 3.54. The van der Waals surface area contributed by atoms with Gasteiger partial charge in [-0.25, -0.2) is 5.43 Å². The summed E-state index contributed by atoms with van der Waals surface area (Å²) in [5.74, 6) is 7.27. The van der Waals surface area contributed by atoms with Gasteiger partial charge in [-0.05, 0) is 41.2 Å². The van der Waals surface area contributed by atoms with Gasteiger partial charge >= 0.3 is 0 Å². The molecular weight excluding hydrogens is 260 g/mol. The van der Waals surface area contributed by atoms with Crippen LogP contribution in [0.15, 0.2) is 48.5 Å². The number of methoxy groups -OCH3 is 1. The molecule has 0 bridgehead atoms. The van der Waals surface area contributed by atoms with Gasteiger partial charge in [-0.2, -0.15) is 0 Å². The quantitative estimate of drug-likeness (QED) is 0.631. The number of nitrogens with two attached hydrogens (primary N) is 1. The zero-order valence-corrected chi connectivity index (χ0v) is 13.0. The minimum Gasteiger partial charge on any atom is -0.497 e. The highest BCUT2D eigenvalue weighted by molar-refractivity contribution is 5.37. The van der Waals surface area contributed by atoms with Crippen LogP contribution >= 0.6 is 0 Å². The molecule has 3 heteroatoms. The van der Waals surface area contributed by atoms with Crippen LogP contribution in [0, 0.1) is 5.92 Å². The summed E-state index contributed by atoms with van der Waals surface area (Å²) in [5.41, 5.74) is 6.56. The molecule has 1 unspecified atom stereocenters. The van der Waals surface area contributed by atoms with E-state index in [1.54, 1.807) is 7.11 Å². The Hall–Kier alpha value is -1.84. The largest absolute Gasteiger partial charge is 0.497 e. The minimum absolute atomic E-state index is 0.0111. The first-order valence-electron chi connectivity index (χ1n) is 7.33. The number of rotatable bonds is 6. The Morgan fingerprint density at radius 2 is 1.76 bits per heavy atom. The molecule has 0 aliphatic rings. The predicted octanol–water partition coefficient (Wildman–Crippen LogP) is 3.45. The van der Waals surface area contributed by atoms with Crippen molar-refractivity contribution in [2.24, 2.45) is 11.8 Å². The van der Waals surface area contributed by atoms with Crippen LogP contribution in [-0.4, -0.2) is 7.11 Å². The van der Waals surface area contributed by atoms with Gasteiger partial charge in [0, 0.05) is 0 Å². The van der Waals surface area contributed by atoms with Crippen LogP contribution in [0.2, 0.25) is 0 Å². The average molecular weight is 284 g/mol. The van der Waals surface area contributed by atoms with Gasteiger partial charge in [0.15, 0.2) is 0 Å². The molecule has 0 radical (unpaired) electrons. The third kappa shape index (κ3) is 4.06. The zero-order valence-electron chi connectivity index (χ0n) is 13.0. The van der Waals surface area contributed by atoms with Crippen molar-refractivity contribution in [2.75, 3.05) is 7.11 Å². The lowest BCUT2D eigenvalue weighted by atomic mass is 9.95. The van der Waals surface area contributed by atoms with Gasteiger partial charge in [-0.15, -0.1) is 0 Å². The standard InChI is InChI=1S/C18H24N2O/c1-13(2)11-14-5-4-6-16(12-14)18(20-19)15-7-9-17(21-3)10-8-15/h4-10,12-13,18,20H,11,19H2,1-3H3. The Morgan fingerprint density at radius 3 is 2.33 bits per heavy atom. The molecule has 2 aromatic rings. The molecule has 112 valence electrons. The molecule has 0 aliphatic carbocycles. The fourth-order valence-corrected chi connectivity index (χ4v) is 2.55. The first kappa shape index (κ1) is 15.5. The SMILES string of the molecule is COc1ccc(C(NN)c2cccc(CC(C)C)c2)cc1. The van der Waals surface area contributed by atoms with Crippen LogP contribution in [0.1, 0.15) is 36.6 Å². The van der Waals surface area contributed by atoms with E-state index >= 15 is 0 Å². The van der Waals surface area contributed by atoms with E-state index in [1.807, 2.05) is 24.3 Å². The summed E-state index contributed by atoms with van der Waals surface area (Å²) in [5, 5.41) is 0. The fourth-order valence-electron chi connectivity index (χ4n) is 2.55. The van der Waals surface area contributed by atoms with Crippen molar-refractivity contribution in [3.63, 3.8) is 0 Å². The van der Waals surface area contributed by atoms with E-state index in [4.69, 9.17) is 10.6 Å². The maximum atomic E-state index is 5.78. The maximum absolute atomic E-state index is 5.78. The summed E-state index contributed by atoms with van der Waals surface area (Å²) in [6.45, 7) is 4.46. The van der Waals surface area contributed by atoms with Gasteiger partial charge in [0.25, 0.3) is 0 Å². The average Bonchev–Trinajstić information content (AvgIpc) is 2.48. The van der Waals surface area contributed by atoms with Crippen LogP contribution in [0.25, 0.3) is 0 Å². The summed E-state index contributed by atoms with van der Waals surface area (Å²) in [4.78, 5) is 0. The third-order valence-electron chi connectivity index (χ3n) is 3.54. The molecular formula is C18H24N2O. The van der Waals surface area contributed by atoms with Gasteiger partial charge in [0.05, 0.1) is 13.2 Å². The Bertz CT molecular complexity index is 564. The zero-order chi connectivity index (χ0) is 15.2. The van der Waals surface area contributed by atoms with Crippen molar-refractivity contribution in [2.45, 2.75) is 26.3 Å². The van der Waals surface area contributed by atoms with Gasteiger partial charge in [0.2, 0.25) is 0 Å². The monoisotopic (exact) mass is 284 g/mol. The van der Waals surface area contributed by atoms with Gasteiger partial charge in [-0.3, -0.25) is 5.84 Å². The molecule has 0 amide bonds.